The van der Waals surface area contributed by atoms with Crippen molar-refractivity contribution < 1.29 is 14.3 Å². The number of nitrogens with zero attached hydrogens (tertiary/aromatic N) is 6. The summed E-state index contributed by atoms with van der Waals surface area (Å²) in [6.45, 7) is 9.53. The minimum Gasteiger partial charge on any atom is -0.474 e. The standard InChI is InChI=1S/C34H39ClN6O3/c1-5-29(42)40-19-28-34(43)38(4)32-31(41(28)17-21(40)2)24-14-16-39(27-13-7-10-22-9-6-12-25(35)30(22)27)18-26(24)36-33(32)44-20-23-11-8-15-37(23)3/h5-7,9-10,12-13,21,23,28H,1,8,11,14-20H2,2-4H3/t21-,23+,28-/m1/s1. The van der Waals surface area contributed by atoms with Gasteiger partial charge in [0.1, 0.15) is 18.3 Å². The Hall–Kier alpha value is -3.82. The van der Waals surface area contributed by atoms with E-state index >= 15 is 0 Å². The molecular formula is C34H39ClN6O3. The minimum atomic E-state index is -0.484. The Labute approximate surface area is 263 Å². The summed E-state index contributed by atoms with van der Waals surface area (Å²) in [6, 6.07) is 12.1. The quantitative estimate of drug-likeness (QED) is 0.392. The Morgan fingerprint density at radius 1 is 1.14 bits per heavy atom. The molecule has 3 atom stereocenters. The van der Waals surface area contributed by atoms with Crippen molar-refractivity contribution in [1.82, 2.24) is 14.8 Å². The molecule has 0 bridgehead atoms. The fourth-order valence-corrected chi connectivity index (χ4v) is 7.82. The molecule has 2 aromatic carbocycles. The molecule has 0 radical (unpaired) electrons. The maximum atomic E-state index is 13.9. The van der Waals surface area contributed by atoms with E-state index < -0.39 is 6.04 Å². The summed E-state index contributed by atoms with van der Waals surface area (Å²) >= 11 is 6.74. The summed E-state index contributed by atoms with van der Waals surface area (Å²) in [5.74, 6) is 0.298. The fourth-order valence-electron chi connectivity index (χ4n) is 7.54. The van der Waals surface area contributed by atoms with Crippen molar-refractivity contribution in [2.75, 3.05) is 61.6 Å². The smallest absolute Gasteiger partial charge is 0.251 e. The molecule has 2 saturated heterocycles. The summed E-state index contributed by atoms with van der Waals surface area (Å²) in [7, 11) is 3.95. The number of hydrogen-bond acceptors (Lipinski definition) is 7. The number of carbonyl (C=O) groups excluding carboxylic acids is 2. The number of amides is 2. The molecule has 44 heavy (non-hydrogen) atoms. The number of carbonyl (C=O) groups is 2. The molecule has 0 unspecified atom stereocenters. The Morgan fingerprint density at radius 2 is 1.93 bits per heavy atom. The molecule has 2 amide bonds. The highest BCUT2D eigenvalue weighted by Crippen LogP contribution is 2.48. The molecule has 4 aliphatic rings. The molecule has 1 aromatic heterocycles. The highest BCUT2D eigenvalue weighted by Gasteiger charge is 2.47. The molecule has 2 fully saturated rings. The van der Waals surface area contributed by atoms with Gasteiger partial charge >= 0.3 is 0 Å². The van der Waals surface area contributed by atoms with E-state index in [0.717, 1.165) is 76.5 Å². The van der Waals surface area contributed by atoms with Crippen molar-refractivity contribution in [3.8, 4) is 5.88 Å². The highest BCUT2D eigenvalue weighted by atomic mass is 35.5. The van der Waals surface area contributed by atoms with Crippen LogP contribution < -0.4 is 19.4 Å². The number of likely N-dealkylation sites (N-methyl/N-ethyl adjacent to an activating group) is 2. The van der Waals surface area contributed by atoms with Gasteiger partial charge in [0.05, 0.1) is 29.5 Å². The number of anilines is 3. The van der Waals surface area contributed by atoms with E-state index in [1.165, 1.54) is 6.08 Å². The average Bonchev–Trinajstić information content (AvgIpc) is 3.45. The third-order valence-electron chi connectivity index (χ3n) is 9.96. The van der Waals surface area contributed by atoms with Crippen LogP contribution in [0, 0.1) is 0 Å². The van der Waals surface area contributed by atoms with Crippen LogP contribution in [0.5, 0.6) is 5.88 Å². The van der Waals surface area contributed by atoms with Gasteiger partial charge in [-0.3, -0.25) is 9.59 Å². The molecule has 0 aliphatic carbocycles. The van der Waals surface area contributed by atoms with Crippen LogP contribution in [-0.2, 0) is 22.6 Å². The number of piperazine rings is 1. The van der Waals surface area contributed by atoms with Crippen LogP contribution in [0.1, 0.15) is 31.0 Å². The van der Waals surface area contributed by atoms with Gasteiger partial charge in [-0.1, -0.05) is 42.4 Å². The van der Waals surface area contributed by atoms with Crippen LogP contribution in [0.4, 0.5) is 17.1 Å². The molecule has 4 aliphatic heterocycles. The number of hydrogen-bond donors (Lipinski definition) is 0. The second-order valence-electron chi connectivity index (χ2n) is 12.5. The summed E-state index contributed by atoms with van der Waals surface area (Å²) < 4.78 is 6.57. The summed E-state index contributed by atoms with van der Waals surface area (Å²) in [5.41, 5.74) is 4.94. The predicted molar refractivity (Wildman–Crippen MR) is 175 cm³/mol. The van der Waals surface area contributed by atoms with E-state index in [-0.39, 0.29) is 17.9 Å². The van der Waals surface area contributed by atoms with Crippen LogP contribution in [-0.4, -0.2) is 91.6 Å². The highest BCUT2D eigenvalue weighted by molar-refractivity contribution is 6.36. The van der Waals surface area contributed by atoms with Gasteiger partial charge in [0, 0.05) is 48.9 Å². The first-order valence-corrected chi connectivity index (χ1v) is 15.9. The topological polar surface area (TPSA) is 72.5 Å². The van der Waals surface area contributed by atoms with E-state index in [0.29, 0.717) is 38.2 Å². The third kappa shape index (κ3) is 4.68. The number of likely N-dealkylation sites (tertiary alicyclic amines) is 1. The molecule has 3 aromatic rings. The fraction of sp³-hybridized carbons (Fsp3) is 0.441. The van der Waals surface area contributed by atoms with Crippen molar-refractivity contribution in [2.45, 2.75) is 50.9 Å². The molecular weight excluding hydrogens is 576 g/mol. The lowest BCUT2D eigenvalue weighted by molar-refractivity contribution is -0.130. The van der Waals surface area contributed by atoms with Crippen LogP contribution in [0.25, 0.3) is 10.8 Å². The molecule has 9 nitrogen and oxygen atoms in total. The number of fused-ring (bicyclic) bond motifs is 6. The molecule has 0 N–H and O–H groups in total. The van der Waals surface area contributed by atoms with Gasteiger partial charge in [-0.05, 0) is 63.4 Å². The maximum absolute atomic E-state index is 13.9. The lowest BCUT2D eigenvalue weighted by Crippen LogP contribution is -2.65. The number of pyridine rings is 1. The number of benzene rings is 2. The molecule has 5 heterocycles. The maximum Gasteiger partial charge on any atom is 0.251 e. The van der Waals surface area contributed by atoms with Crippen LogP contribution in [0.3, 0.4) is 0 Å². The van der Waals surface area contributed by atoms with Crippen molar-refractivity contribution in [2.24, 2.45) is 0 Å². The minimum absolute atomic E-state index is 0.0568. The third-order valence-corrected chi connectivity index (χ3v) is 10.3. The summed E-state index contributed by atoms with van der Waals surface area (Å²) in [4.78, 5) is 42.2. The molecule has 230 valence electrons. The lowest BCUT2D eigenvalue weighted by atomic mass is 9.93. The second kappa shape index (κ2) is 11.3. The first-order chi connectivity index (χ1) is 21.3. The van der Waals surface area contributed by atoms with Crippen molar-refractivity contribution >= 4 is 51.2 Å². The second-order valence-corrected chi connectivity index (χ2v) is 12.9. The van der Waals surface area contributed by atoms with E-state index in [1.54, 1.807) is 9.80 Å². The van der Waals surface area contributed by atoms with Crippen LogP contribution in [0.2, 0.25) is 5.02 Å². The van der Waals surface area contributed by atoms with Gasteiger partial charge in [-0.25, -0.2) is 4.98 Å². The SMILES string of the molecule is C=CC(=O)N1C[C@@H]2C(=O)N(C)c3c(OC[C@@H]4CCCN4C)nc4c(c3N2C[C@H]1C)CCN(c1cccc2cccc(Cl)c12)C4. The van der Waals surface area contributed by atoms with Gasteiger partial charge in [0.15, 0.2) is 0 Å². The number of rotatable bonds is 5. The number of aromatic nitrogens is 1. The van der Waals surface area contributed by atoms with Crippen molar-refractivity contribution in [3.05, 3.63) is 65.3 Å². The Kier molecular flexibility index (Phi) is 7.41. The van der Waals surface area contributed by atoms with Crippen LogP contribution in [0.15, 0.2) is 49.1 Å². The Balaban J connectivity index is 1.32. The largest absolute Gasteiger partial charge is 0.474 e. The monoisotopic (exact) mass is 614 g/mol. The van der Waals surface area contributed by atoms with Crippen LogP contribution >= 0.6 is 11.6 Å². The lowest BCUT2D eigenvalue weighted by Gasteiger charge is -2.51. The molecule has 7 rings (SSSR count). The number of ether oxygens (including phenoxy) is 1. The Bertz CT molecular complexity index is 1660. The van der Waals surface area contributed by atoms with E-state index in [4.69, 9.17) is 21.3 Å². The summed E-state index contributed by atoms with van der Waals surface area (Å²) in [6.07, 6.45) is 4.32. The predicted octanol–water partition coefficient (Wildman–Crippen LogP) is 4.49. The van der Waals surface area contributed by atoms with Gasteiger partial charge in [-0.2, -0.15) is 0 Å². The van der Waals surface area contributed by atoms with Crippen molar-refractivity contribution in [3.63, 3.8) is 0 Å². The number of halogens is 1. The van der Waals surface area contributed by atoms with Gasteiger partial charge < -0.3 is 29.2 Å². The van der Waals surface area contributed by atoms with E-state index in [2.05, 4.69) is 52.6 Å². The zero-order chi connectivity index (χ0) is 30.7. The van der Waals surface area contributed by atoms with E-state index in [9.17, 15) is 9.59 Å². The first-order valence-electron chi connectivity index (χ1n) is 15.5. The van der Waals surface area contributed by atoms with Gasteiger partial charge in [0.2, 0.25) is 11.8 Å². The van der Waals surface area contributed by atoms with Gasteiger partial charge in [0.25, 0.3) is 5.91 Å². The Morgan fingerprint density at radius 3 is 2.68 bits per heavy atom. The van der Waals surface area contributed by atoms with Crippen molar-refractivity contribution in [1.29, 1.82) is 0 Å². The van der Waals surface area contributed by atoms with Gasteiger partial charge in [-0.15, -0.1) is 0 Å². The van der Waals surface area contributed by atoms with E-state index in [1.807, 2.05) is 26.1 Å². The average molecular weight is 615 g/mol. The first kappa shape index (κ1) is 28.9. The normalized spacial score (nSPS) is 23.5. The molecule has 0 spiro atoms. The summed E-state index contributed by atoms with van der Waals surface area (Å²) in [5, 5.41) is 2.88. The molecule has 10 heteroatoms. The zero-order valence-electron chi connectivity index (χ0n) is 25.6. The zero-order valence-corrected chi connectivity index (χ0v) is 26.4. The molecule has 0 saturated carbocycles.